The number of amides is 3. The van der Waals surface area contributed by atoms with Crippen molar-refractivity contribution >= 4 is 23.6 Å². The Kier molecular flexibility index (Phi) is 8.10. The molecule has 1 aliphatic heterocycles. The van der Waals surface area contributed by atoms with Crippen LogP contribution in [0.15, 0.2) is 97.5 Å². The molecule has 0 aliphatic carbocycles. The first kappa shape index (κ1) is 26.6. The van der Waals surface area contributed by atoms with Crippen LogP contribution in [0.4, 0.5) is 10.5 Å². The highest BCUT2D eigenvalue weighted by Gasteiger charge is 2.46. The molecular weight excluding hydrogens is 506 g/mol. The number of cyclic esters (lactones) is 1. The van der Waals surface area contributed by atoms with E-state index in [1.807, 2.05) is 49.4 Å². The fraction of sp³-hybridized carbons (Fsp3) is 0.194. The number of carbonyl (C=O) groups excluding carboxylic acids is 3. The predicted molar refractivity (Wildman–Crippen MR) is 149 cm³/mol. The Morgan fingerprint density at radius 3 is 2.55 bits per heavy atom. The van der Waals surface area contributed by atoms with Gasteiger partial charge in [0.05, 0.1) is 12.1 Å². The first-order chi connectivity index (χ1) is 19.5. The number of aromatic nitrogens is 2. The molecule has 2 N–H and O–H groups in total. The van der Waals surface area contributed by atoms with Crippen LogP contribution >= 0.6 is 0 Å². The SMILES string of the molecule is Cc1cccc(CN2C(=O)O[C@H](c3ccc(NC(=O)c4cccnc4)cc3)[C@H]2C(=O)NCCc2ccccn2)c1. The van der Waals surface area contributed by atoms with E-state index in [4.69, 9.17) is 4.74 Å². The van der Waals surface area contributed by atoms with Crippen LogP contribution in [-0.2, 0) is 22.5 Å². The molecule has 1 aliphatic rings. The number of anilines is 1. The molecule has 2 aromatic heterocycles. The van der Waals surface area contributed by atoms with E-state index < -0.39 is 18.2 Å². The standard InChI is InChI=1S/C31H29N5O4/c1-21-6-4-7-22(18-21)20-36-27(30(38)34-17-14-25-9-2-3-16-33-25)28(40-31(36)39)23-10-12-26(13-11-23)35-29(37)24-8-5-15-32-19-24/h2-13,15-16,18-19,27-28H,14,17,20H2,1H3,(H,34,38)(H,35,37)/t27-,28+/m0/s1. The molecule has 0 radical (unpaired) electrons. The van der Waals surface area contributed by atoms with Crippen molar-refractivity contribution in [3.8, 4) is 0 Å². The molecule has 2 aromatic carbocycles. The van der Waals surface area contributed by atoms with E-state index in [2.05, 4.69) is 20.6 Å². The maximum absolute atomic E-state index is 13.5. The molecule has 2 atom stereocenters. The Morgan fingerprint density at radius 2 is 1.82 bits per heavy atom. The van der Waals surface area contributed by atoms with Crippen molar-refractivity contribution in [3.05, 3.63) is 125 Å². The first-order valence-corrected chi connectivity index (χ1v) is 13.0. The third-order valence-corrected chi connectivity index (χ3v) is 6.62. The second-order valence-electron chi connectivity index (χ2n) is 9.55. The molecule has 9 heteroatoms. The molecule has 1 fully saturated rings. The molecule has 202 valence electrons. The van der Waals surface area contributed by atoms with Gasteiger partial charge in [0.15, 0.2) is 12.1 Å². The molecule has 4 aromatic rings. The number of ether oxygens (including phenoxy) is 1. The van der Waals surface area contributed by atoms with E-state index in [0.29, 0.717) is 29.8 Å². The Bertz CT molecular complexity index is 1480. The number of carbonyl (C=O) groups is 3. The van der Waals surface area contributed by atoms with E-state index in [-0.39, 0.29) is 18.4 Å². The summed E-state index contributed by atoms with van der Waals surface area (Å²) in [6.07, 6.45) is 3.97. The monoisotopic (exact) mass is 535 g/mol. The zero-order chi connectivity index (χ0) is 27.9. The van der Waals surface area contributed by atoms with Crippen molar-refractivity contribution in [2.75, 3.05) is 11.9 Å². The average Bonchev–Trinajstić information content (AvgIpc) is 3.30. The lowest BCUT2D eigenvalue weighted by molar-refractivity contribution is -0.126. The van der Waals surface area contributed by atoms with Gasteiger partial charge in [-0.05, 0) is 54.4 Å². The zero-order valence-electron chi connectivity index (χ0n) is 22.0. The summed E-state index contributed by atoms with van der Waals surface area (Å²) >= 11 is 0. The van der Waals surface area contributed by atoms with Crippen LogP contribution in [0, 0.1) is 6.92 Å². The number of nitrogens with one attached hydrogen (secondary N) is 2. The molecule has 0 spiro atoms. The lowest BCUT2D eigenvalue weighted by atomic mass is 10.00. The van der Waals surface area contributed by atoms with Gasteiger partial charge in [-0.25, -0.2) is 4.79 Å². The van der Waals surface area contributed by atoms with Gasteiger partial charge in [0.1, 0.15) is 0 Å². The van der Waals surface area contributed by atoms with E-state index in [1.54, 1.807) is 48.8 Å². The van der Waals surface area contributed by atoms with E-state index in [0.717, 1.165) is 16.8 Å². The third kappa shape index (κ3) is 6.32. The minimum absolute atomic E-state index is 0.231. The van der Waals surface area contributed by atoms with Crippen molar-refractivity contribution in [2.24, 2.45) is 0 Å². The van der Waals surface area contributed by atoms with Gasteiger partial charge in [-0.3, -0.25) is 24.5 Å². The summed E-state index contributed by atoms with van der Waals surface area (Å²) in [7, 11) is 0. The Balaban J connectivity index is 1.34. The predicted octanol–water partition coefficient (Wildman–Crippen LogP) is 4.46. The smallest absolute Gasteiger partial charge is 0.411 e. The second-order valence-corrected chi connectivity index (χ2v) is 9.55. The first-order valence-electron chi connectivity index (χ1n) is 13.0. The highest BCUT2D eigenvalue weighted by molar-refractivity contribution is 6.04. The number of aryl methyl sites for hydroxylation is 1. The molecular formula is C31H29N5O4. The summed E-state index contributed by atoms with van der Waals surface area (Å²) < 4.78 is 5.77. The van der Waals surface area contributed by atoms with Crippen LogP contribution in [0.5, 0.6) is 0 Å². The van der Waals surface area contributed by atoms with Crippen LogP contribution < -0.4 is 10.6 Å². The normalized spacial score (nSPS) is 16.3. The molecule has 3 amide bonds. The molecule has 0 bridgehead atoms. The van der Waals surface area contributed by atoms with Gasteiger partial charge in [-0.1, -0.05) is 48.0 Å². The van der Waals surface area contributed by atoms with Gasteiger partial charge in [0.2, 0.25) is 5.91 Å². The zero-order valence-corrected chi connectivity index (χ0v) is 22.0. The fourth-order valence-corrected chi connectivity index (χ4v) is 4.64. The number of pyridine rings is 2. The van der Waals surface area contributed by atoms with Gasteiger partial charge in [-0.15, -0.1) is 0 Å². The summed E-state index contributed by atoms with van der Waals surface area (Å²) in [5.74, 6) is -0.601. The van der Waals surface area contributed by atoms with Gasteiger partial charge in [0, 0.05) is 42.9 Å². The fourth-order valence-electron chi connectivity index (χ4n) is 4.64. The lowest BCUT2D eigenvalue weighted by Crippen LogP contribution is -2.46. The number of hydrogen-bond donors (Lipinski definition) is 2. The Labute approximate surface area is 232 Å². The molecule has 1 saturated heterocycles. The highest BCUT2D eigenvalue weighted by Crippen LogP contribution is 2.34. The van der Waals surface area contributed by atoms with Gasteiger partial charge < -0.3 is 15.4 Å². The summed E-state index contributed by atoms with van der Waals surface area (Å²) in [6.45, 7) is 2.57. The number of nitrogens with zero attached hydrogens (tertiary/aromatic N) is 3. The molecule has 9 nitrogen and oxygen atoms in total. The molecule has 0 saturated carbocycles. The van der Waals surface area contributed by atoms with Crippen LogP contribution in [0.25, 0.3) is 0 Å². The van der Waals surface area contributed by atoms with Crippen molar-refractivity contribution in [1.82, 2.24) is 20.2 Å². The van der Waals surface area contributed by atoms with Crippen LogP contribution in [-0.4, -0.2) is 45.4 Å². The number of hydrogen-bond acceptors (Lipinski definition) is 6. The van der Waals surface area contributed by atoms with Gasteiger partial charge >= 0.3 is 6.09 Å². The Hall–Kier alpha value is -5.05. The Morgan fingerprint density at radius 1 is 0.975 bits per heavy atom. The minimum atomic E-state index is -0.882. The molecule has 0 unspecified atom stereocenters. The highest BCUT2D eigenvalue weighted by atomic mass is 16.6. The van der Waals surface area contributed by atoms with Crippen molar-refractivity contribution in [2.45, 2.75) is 32.0 Å². The number of benzene rings is 2. The topological polar surface area (TPSA) is 114 Å². The maximum atomic E-state index is 13.5. The quantitative estimate of drug-likeness (QED) is 0.327. The summed E-state index contributed by atoms with van der Waals surface area (Å²) in [6, 6.07) is 22.9. The molecule has 40 heavy (non-hydrogen) atoms. The van der Waals surface area contributed by atoms with Crippen LogP contribution in [0.1, 0.15) is 38.8 Å². The largest absolute Gasteiger partial charge is 0.438 e. The van der Waals surface area contributed by atoms with Crippen molar-refractivity contribution < 1.29 is 19.1 Å². The maximum Gasteiger partial charge on any atom is 0.411 e. The van der Waals surface area contributed by atoms with Crippen molar-refractivity contribution in [1.29, 1.82) is 0 Å². The second kappa shape index (κ2) is 12.2. The van der Waals surface area contributed by atoms with Gasteiger partial charge in [0.25, 0.3) is 5.91 Å². The van der Waals surface area contributed by atoms with Gasteiger partial charge in [-0.2, -0.15) is 0 Å². The lowest BCUT2D eigenvalue weighted by Gasteiger charge is -2.24. The van der Waals surface area contributed by atoms with E-state index in [9.17, 15) is 14.4 Å². The molecule has 5 rings (SSSR count). The van der Waals surface area contributed by atoms with Crippen LogP contribution in [0.2, 0.25) is 0 Å². The summed E-state index contributed by atoms with van der Waals surface area (Å²) in [5.41, 5.74) is 4.46. The summed E-state index contributed by atoms with van der Waals surface area (Å²) in [4.78, 5) is 48.8. The average molecular weight is 536 g/mol. The van der Waals surface area contributed by atoms with E-state index in [1.165, 1.54) is 11.1 Å². The van der Waals surface area contributed by atoms with Crippen molar-refractivity contribution in [3.63, 3.8) is 0 Å². The van der Waals surface area contributed by atoms with E-state index >= 15 is 0 Å². The van der Waals surface area contributed by atoms with Crippen LogP contribution in [0.3, 0.4) is 0 Å². The summed E-state index contributed by atoms with van der Waals surface area (Å²) in [5, 5.41) is 5.79. The molecule has 3 heterocycles. The minimum Gasteiger partial charge on any atom is -0.438 e. The third-order valence-electron chi connectivity index (χ3n) is 6.62. The number of rotatable bonds is 9.